The number of hydrogen-bond acceptors (Lipinski definition) is 3. The van der Waals surface area contributed by atoms with Crippen LogP contribution < -0.4 is 5.56 Å². The highest BCUT2D eigenvalue weighted by molar-refractivity contribution is 5.82. The summed E-state index contributed by atoms with van der Waals surface area (Å²) in [6.07, 6.45) is 7.66. The predicted molar refractivity (Wildman–Crippen MR) is 101 cm³/mol. The topological polar surface area (TPSA) is 47.8 Å². The van der Waals surface area contributed by atoms with Gasteiger partial charge in [-0.25, -0.2) is 4.98 Å². The lowest BCUT2D eigenvalue weighted by Crippen LogP contribution is -2.36. The number of aryl methyl sites for hydroxylation is 1. The number of pyridine rings is 1. The minimum absolute atomic E-state index is 0.0769. The van der Waals surface area contributed by atoms with Crippen LogP contribution in [0.3, 0.4) is 0 Å². The lowest BCUT2D eigenvalue weighted by Gasteiger charge is -2.31. The first-order valence-corrected chi connectivity index (χ1v) is 8.64. The molecule has 0 N–H and O–H groups in total. The van der Waals surface area contributed by atoms with Crippen LogP contribution in [0.15, 0.2) is 47.4 Å². The molecule has 0 unspecified atom stereocenters. The zero-order valence-electron chi connectivity index (χ0n) is 14.6. The highest BCUT2D eigenvalue weighted by atomic mass is 16.1. The smallest absolute Gasteiger partial charge is 0.261 e. The summed E-state index contributed by atoms with van der Waals surface area (Å²) >= 11 is 0. The third kappa shape index (κ3) is 3.12. The van der Waals surface area contributed by atoms with Crippen molar-refractivity contribution >= 4 is 23.1 Å². The second-order valence-corrected chi connectivity index (χ2v) is 7.45. The molecule has 3 heterocycles. The van der Waals surface area contributed by atoms with E-state index in [1.165, 1.54) is 0 Å². The van der Waals surface area contributed by atoms with E-state index in [-0.39, 0.29) is 11.0 Å². The molecule has 3 aromatic rings. The van der Waals surface area contributed by atoms with Gasteiger partial charge < -0.3 is 0 Å². The Morgan fingerprint density at radius 2 is 2.04 bits per heavy atom. The number of hydrogen-bond donors (Lipinski definition) is 0. The van der Waals surface area contributed by atoms with Crippen molar-refractivity contribution in [1.82, 2.24) is 14.5 Å². The molecule has 4 rings (SSSR count). The number of fused-ring (bicyclic) bond motifs is 2. The van der Waals surface area contributed by atoms with Gasteiger partial charge in [0.1, 0.15) is 5.82 Å². The Bertz CT molecular complexity index is 1020. The normalized spacial score (nSPS) is 16.2. The Morgan fingerprint density at radius 1 is 1.16 bits per heavy atom. The SMILES string of the molecule is CC1(C)CCc2nc3cc(C=Cc4ccccn4)ccc3c(=O)n2C1. The third-order valence-corrected chi connectivity index (χ3v) is 4.80. The molecule has 2 aromatic heterocycles. The maximum absolute atomic E-state index is 12.8. The Hall–Kier alpha value is -2.75. The van der Waals surface area contributed by atoms with Crippen LogP contribution >= 0.6 is 0 Å². The van der Waals surface area contributed by atoms with Crippen molar-refractivity contribution in [3.05, 3.63) is 70.0 Å². The molecule has 1 aliphatic rings. The lowest BCUT2D eigenvalue weighted by atomic mass is 9.85. The summed E-state index contributed by atoms with van der Waals surface area (Å²) in [7, 11) is 0. The van der Waals surface area contributed by atoms with E-state index in [1.54, 1.807) is 6.20 Å². The van der Waals surface area contributed by atoms with Crippen molar-refractivity contribution in [2.45, 2.75) is 33.2 Å². The van der Waals surface area contributed by atoms with Crippen molar-refractivity contribution in [1.29, 1.82) is 0 Å². The van der Waals surface area contributed by atoms with Crippen molar-refractivity contribution in [3.8, 4) is 0 Å². The highest BCUT2D eigenvalue weighted by Crippen LogP contribution is 2.29. The van der Waals surface area contributed by atoms with Crippen molar-refractivity contribution in [3.63, 3.8) is 0 Å². The molecule has 0 amide bonds. The first-order chi connectivity index (χ1) is 12.0. The van der Waals surface area contributed by atoms with E-state index in [1.807, 2.05) is 53.1 Å². The molecule has 1 aromatic carbocycles. The van der Waals surface area contributed by atoms with E-state index in [2.05, 4.69) is 18.8 Å². The molecule has 126 valence electrons. The average Bonchev–Trinajstić information content (AvgIpc) is 2.61. The van der Waals surface area contributed by atoms with Gasteiger partial charge in [0, 0.05) is 19.2 Å². The van der Waals surface area contributed by atoms with Gasteiger partial charge in [0.2, 0.25) is 0 Å². The number of rotatable bonds is 2. The molecule has 25 heavy (non-hydrogen) atoms. The van der Waals surface area contributed by atoms with E-state index in [9.17, 15) is 4.79 Å². The molecule has 0 aliphatic carbocycles. The van der Waals surface area contributed by atoms with E-state index in [0.717, 1.165) is 42.0 Å². The Balaban J connectivity index is 1.75. The molecule has 0 fully saturated rings. The number of benzene rings is 1. The van der Waals surface area contributed by atoms with Crippen LogP contribution in [-0.4, -0.2) is 14.5 Å². The van der Waals surface area contributed by atoms with Gasteiger partial charge in [-0.3, -0.25) is 14.3 Å². The van der Waals surface area contributed by atoms with Gasteiger partial charge in [0.25, 0.3) is 5.56 Å². The highest BCUT2D eigenvalue weighted by Gasteiger charge is 2.27. The van der Waals surface area contributed by atoms with Gasteiger partial charge in [-0.1, -0.05) is 32.1 Å². The minimum Gasteiger partial charge on any atom is -0.296 e. The zero-order valence-corrected chi connectivity index (χ0v) is 14.6. The summed E-state index contributed by atoms with van der Waals surface area (Å²) in [5.74, 6) is 0.905. The van der Waals surface area contributed by atoms with Gasteiger partial charge in [-0.2, -0.15) is 0 Å². The molecule has 0 saturated heterocycles. The Kier molecular flexibility index (Phi) is 3.75. The van der Waals surface area contributed by atoms with E-state index >= 15 is 0 Å². The fourth-order valence-corrected chi connectivity index (χ4v) is 3.36. The predicted octanol–water partition coefficient (Wildman–Crippen LogP) is 3.93. The van der Waals surface area contributed by atoms with E-state index in [0.29, 0.717) is 5.39 Å². The van der Waals surface area contributed by atoms with Crippen molar-refractivity contribution in [2.24, 2.45) is 5.41 Å². The van der Waals surface area contributed by atoms with Crippen LogP contribution in [0.1, 0.15) is 37.4 Å². The zero-order chi connectivity index (χ0) is 17.4. The van der Waals surface area contributed by atoms with Crippen molar-refractivity contribution in [2.75, 3.05) is 0 Å². The second kappa shape index (κ2) is 5.96. The van der Waals surface area contributed by atoms with Crippen LogP contribution in [0.2, 0.25) is 0 Å². The summed E-state index contributed by atoms with van der Waals surface area (Å²) < 4.78 is 1.86. The van der Waals surface area contributed by atoms with Crippen LogP contribution in [-0.2, 0) is 13.0 Å². The van der Waals surface area contributed by atoms with Gasteiger partial charge in [0.15, 0.2) is 0 Å². The number of nitrogens with zero attached hydrogens (tertiary/aromatic N) is 3. The van der Waals surface area contributed by atoms with E-state index < -0.39 is 0 Å². The van der Waals surface area contributed by atoms with Gasteiger partial charge in [0.05, 0.1) is 16.6 Å². The summed E-state index contributed by atoms with van der Waals surface area (Å²) in [5, 5.41) is 0.691. The van der Waals surface area contributed by atoms with Gasteiger partial charge in [-0.15, -0.1) is 0 Å². The first-order valence-electron chi connectivity index (χ1n) is 8.64. The summed E-state index contributed by atoms with van der Waals surface area (Å²) in [6, 6.07) is 11.7. The lowest BCUT2D eigenvalue weighted by molar-refractivity contribution is 0.240. The molecular weight excluding hydrogens is 310 g/mol. The molecule has 0 radical (unpaired) electrons. The Morgan fingerprint density at radius 3 is 2.84 bits per heavy atom. The molecule has 4 nitrogen and oxygen atoms in total. The Labute approximate surface area is 146 Å². The van der Waals surface area contributed by atoms with Gasteiger partial charge >= 0.3 is 0 Å². The summed E-state index contributed by atoms with van der Waals surface area (Å²) in [5.41, 5.74) is 2.93. The quantitative estimate of drug-likeness (QED) is 0.715. The molecule has 4 heteroatoms. The van der Waals surface area contributed by atoms with E-state index in [4.69, 9.17) is 4.98 Å². The first kappa shape index (κ1) is 15.8. The maximum Gasteiger partial charge on any atom is 0.261 e. The molecular formula is C21H21N3O. The molecule has 0 atom stereocenters. The van der Waals surface area contributed by atoms with Crippen LogP contribution in [0.4, 0.5) is 0 Å². The van der Waals surface area contributed by atoms with Crippen LogP contribution in [0.25, 0.3) is 23.1 Å². The van der Waals surface area contributed by atoms with Crippen LogP contribution in [0.5, 0.6) is 0 Å². The standard InChI is InChI=1S/C21H21N3O/c1-21(2)11-10-19-23-18-13-15(6-8-16-5-3-4-12-22-16)7-9-17(18)20(25)24(19)14-21/h3-9,12-13H,10-11,14H2,1-2H3. The third-order valence-electron chi connectivity index (χ3n) is 4.80. The fourth-order valence-electron chi connectivity index (χ4n) is 3.36. The average molecular weight is 331 g/mol. The number of aromatic nitrogens is 3. The fraction of sp³-hybridized carbons (Fsp3) is 0.286. The second-order valence-electron chi connectivity index (χ2n) is 7.45. The van der Waals surface area contributed by atoms with Gasteiger partial charge in [-0.05, 0) is 47.7 Å². The molecule has 0 saturated carbocycles. The van der Waals surface area contributed by atoms with Crippen LogP contribution in [0, 0.1) is 5.41 Å². The molecule has 1 aliphatic heterocycles. The molecule has 0 bridgehead atoms. The maximum atomic E-state index is 12.8. The van der Waals surface area contributed by atoms with Crippen molar-refractivity contribution < 1.29 is 0 Å². The minimum atomic E-state index is 0.0769. The monoisotopic (exact) mass is 331 g/mol. The summed E-state index contributed by atoms with van der Waals surface area (Å²) in [6.45, 7) is 5.15. The largest absolute Gasteiger partial charge is 0.296 e. The molecule has 0 spiro atoms. The summed E-state index contributed by atoms with van der Waals surface area (Å²) in [4.78, 5) is 21.9.